The van der Waals surface area contributed by atoms with Crippen LogP contribution in [0.25, 0.3) is 68.6 Å². The van der Waals surface area contributed by atoms with E-state index in [1.165, 1.54) is 0 Å². The number of rotatable bonds is 2. The Morgan fingerprint density at radius 2 is 0.909 bits per heavy atom. The molecule has 0 spiro atoms. The number of hydrogen-bond acceptors (Lipinski definition) is 2. The van der Waals surface area contributed by atoms with Crippen molar-refractivity contribution in [2.75, 3.05) is 0 Å². The Morgan fingerprint density at radius 3 is 1.44 bits per heavy atom. The van der Waals surface area contributed by atoms with Crippen molar-refractivity contribution in [2.24, 2.45) is 0 Å². The zero-order valence-electron chi connectivity index (χ0n) is 27.6. The van der Waals surface area contributed by atoms with Gasteiger partial charge in [-0.2, -0.15) is 52.7 Å². The Kier molecular flexibility index (Phi) is 8.13. The van der Waals surface area contributed by atoms with Crippen LogP contribution in [0.15, 0.2) is 60.7 Å². The number of fused-ring (bicyclic) bond motifs is 9. The zero-order valence-corrected chi connectivity index (χ0v) is 27.6. The number of nitrogens with zero attached hydrogens (tertiary/aromatic N) is 2. The molecular formula is C39H22F12N4. The average molecular weight is 775 g/mol. The molecule has 8 bridgehead atoms. The van der Waals surface area contributed by atoms with Gasteiger partial charge in [0.15, 0.2) is 0 Å². The molecule has 2 aliphatic heterocycles. The van der Waals surface area contributed by atoms with E-state index >= 15 is 26.3 Å². The summed E-state index contributed by atoms with van der Waals surface area (Å²) in [7, 11) is 0. The summed E-state index contributed by atoms with van der Waals surface area (Å²) < 4.78 is 179. The minimum Gasteiger partial charge on any atom is -0.354 e. The topological polar surface area (TPSA) is 57.4 Å². The number of alkyl halides is 12. The normalized spacial score (nSPS) is 14.5. The summed E-state index contributed by atoms with van der Waals surface area (Å²) in [5, 5.41) is 0. The highest BCUT2D eigenvalue weighted by Crippen LogP contribution is 2.47. The van der Waals surface area contributed by atoms with Crippen LogP contribution in [0.2, 0.25) is 0 Å². The Hall–Kier alpha value is -5.80. The summed E-state index contributed by atoms with van der Waals surface area (Å²) in [6.07, 6.45) is -17.3. The van der Waals surface area contributed by atoms with Crippen molar-refractivity contribution < 1.29 is 52.7 Å². The first-order chi connectivity index (χ1) is 25.8. The van der Waals surface area contributed by atoms with Crippen molar-refractivity contribution in [3.05, 3.63) is 117 Å². The third-order valence-corrected chi connectivity index (χ3v) is 9.61. The predicted molar refractivity (Wildman–Crippen MR) is 182 cm³/mol. The van der Waals surface area contributed by atoms with Crippen LogP contribution in [0.5, 0.6) is 0 Å². The molecule has 0 saturated heterocycles. The minimum atomic E-state index is -5.43. The molecule has 16 heteroatoms. The lowest BCUT2D eigenvalue weighted by atomic mass is 9.90. The molecule has 282 valence electrons. The van der Waals surface area contributed by atoms with Gasteiger partial charge in [-0.1, -0.05) is 42.5 Å². The van der Waals surface area contributed by atoms with Gasteiger partial charge < -0.3 is 9.97 Å². The number of aromatic nitrogens is 4. The average Bonchev–Trinajstić information content (AvgIpc) is 3.92. The van der Waals surface area contributed by atoms with Crippen LogP contribution < -0.4 is 0 Å². The highest BCUT2D eigenvalue weighted by Gasteiger charge is 2.43. The molecule has 0 amide bonds. The van der Waals surface area contributed by atoms with Crippen LogP contribution >= 0.6 is 0 Å². The van der Waals surface area contributed by atoms with Gasteiger partial charge in [-0.15, -0.1) is 0 Å². The molecule has 3 aliphatic rings. The van der Waals surface area contributed by atoms with Gasteiger partial charge in [0.05, 0.1) is 44.8 Å². The molecule has 5 aromatic rings. The summed E-state index contributed by atoms with van der Waals surface area (Å²) in [5.41, 5.74) is -12.8. The second-order valence-corrected chi connectivity index (χ2v) is 13.1. The van der Waals surface area contributed by atoms with Gasteiger partial charge in [0.25, 0.3) is 0 Å². The number of halogens is 12. The molecule has 5 heterocycles. The second-order valence-electron chi connectivity index (χ2n) is 13.1. The van der Waals surface area contributed by atoms with Gasteiger partial charge in [-0.25, -0.2) is 9.97 Å². The van der Waals surface area contributed by atoms with E-state index < -0.39 is 97.4 Å². The second kappa shape index (κ2) is 12.4. The lowest BCUT2D eigenvalue weighted by molar-refractivity contribution is -0.138. The number of H-pyrrole nitrogens is 2. The van der Waals surface area contributed by atoms with Gasteiger partial charge in [-0.3, -0.25) is 0 Å². The first kappa shape index (κ1) is 36.2. The minimum absolute atomic E-state index is 0.0768. The maximum Gasteiger partial charge on any atom is 0.420 e. The number of aromatic amines is 2. The van der Waals surface area contributed by atoms with Crippen molar-refractivity contribution in [3.8, 4) is 22.3 Å². The molecule has 3 aromatic heterocycles. The summed E-state index contributed by atoms with van der Waals surface area (Å²) in [6.45, 7) is 0. The van der Waals surface area contributed by atoms with Crippen molar-refractivity contribution in [1.82, 2.24) is 19.9 Å². The number of benzene rings is 2. The lowest BCUT2D eigenvalue weighted by Gasteiger charge is -2.15. The highest BCUT2D eigenvalue weighted by molar-refractivity contribution is 5.98. The fraction of sp³-hybridized carbons (Fsp3) is 0.179. The summed E-state index contributed by atoms with van der Waals surface area (Å²) in [6, 6.07) is 13.8. The van der Waals surface area contributed by atoms with Crippen LogP contribution in [0, 0.1) is 0 Å². The third kappa shape index (κ3) is 6.36. The maximum absolute atomic E-state index is 15.4. The summed E-state index contributed by atoms with van der Waals surface area (Å²) in [4.78, 5) is 11.6. The molecule has 0 fully saturated rings. The molecule has 2 aromatic carbocycles. The molecule has 0 atom stereocenters. The lowest BCUT2D eigenvalue weighted by Crippen LogP contribution is -2.11. The van der Waals surface area contributed by atoms with Crippen LogP contribution in [-0.4, -0.2) is 19.9 Å². The number of nitrogens with one attached hydrogen (secondary N) is 2. The summed E-state index contributed by atoms with van der Waals surface area (Å²) in [5.74, 6) is 0. The molecule has 2 N–H and O–H groups in total. The molecule has 0 radical (unpaired) electrons. The Balaban J connectivity index is 1.64. The Bertz CT molecular complexity index is 2620. The van der Waals surface area contributed by atoms with Gasteiger partial charge in [0.2, 0.25) is 0 Å². The van der Waals surface area contributed by atoms with Gasteiger partial charge >= 0.3 is 24.7 Å². The largest absolute Gasteiger partial charge is 0.420 e. The molecule has 4 nitrogen and oxygen atoms in total. The first-order valence-electron chi connectivity index (χ1n) is 16.5. The van der Waals surface area contributed by atoms with Crippen LogP contribution in [-0.2, 0) is 37.5 Å². The zero-order chi connectivity index (χ0) is 39.2. The Labute approximate surface area is 301 Å². The van der Waals surface area contributed by atoms with Crippen molar-refractivity contribution in [3.63, 3.8) is 0 Å². The monoisotopic (exact) mass is 774 g/mol. The number of hydrogen-bond donors (Lipinski definition) is 2. The van der Waals surface area contributed by atoms with Crippen LogP contribution in [0.4, 0.5) is 52.7 Å². The maximum atomic E-state index is 15.4. The molecule has 1 aliphatic carbocycles. The molecule has 8 rings (SSSR count). The molecule has 0 saturated carbocycles. The van der Waals surface area contributed by atoms with Crippen molar-refractivity contribution in [2.45, 2.75) is 44.0 Å². The van der Waals surface area contributed by atoms with E-state index in [9.17, 15) is 26.3 Å². The van der Waals surface area contributed by atoms with Crippen LogP contribution in [0.1, 0.15) is 62.6 Å². The smallest absolute Gasteiger partial charge is 0.354 e. The highest BCUT2D eigenvalue weighted by atomic mass is 19.4. The fourth-order valence-corrected chi connectivity index (χ4v) is 7.39. The van der Waals surface area contributed by atoms with E-state index in [0.29, 0.717) is 66.8 Å². The van der Waals surface area contributed by atoms with E-state index in [1.54, 1.807) is 42.5 Å². The van der Waals surface area contributed by atoms with E-state index in [1.807, 2.05) is 0 Å². The van der Waals surface area contributed by atoms with Crippen molar-refractivity contribution in [1.29, 1.82) is 0 Å². The summed E-state index contributed by atoms with van der Waals surface area (Å²) >= 11 is 0. The van der Waals surface area contributed by atoms with E-state index in [4.69, 9.17) is 0 Å². The third-order valence-electron chi connectivity index (χ3n) is 9.61. The predicted octanol–water partition coefficient (Wildman–Crippen LogP) is 12.6. The molecular weight excluding hydrogens is 752 g/mol. The van der Waals surface area contributed by atoms with E-state index in [-0.39, 0.29) is 5.56 Å². The van der Waals surface area contributed by atoms with Crippen LogP contribution in [0.3, 0.4) is 0 Å². The van der Waals surface area contributed by atoms with Gasteiger partial charge in [-0.05, 0) is 89.6 Å². The Morgan fingerprint density at radius 1 is 0.436 bits per heavy atom. The first-order valence-corrected chi connectivity index (χ1v) is 16.5. The van der Waals surface area contributed by atoms with E-state index in [2.05, 4.69) is 19.9 Å². The number of aryl methyl sites for hydroxylation is 2. The molecule has 0 unspecified atom stereocenters. The van der Waals surface area contributed by atoms with Crippen molar-refractivity contribution >= 4 is 46.4 Å². The van der Waals surface area contributed by atoms with Gasteiger partial charge in [0, 0.05) is 5.56 Å². The molecule has 55 heavy (non-hydrogen) atoms. The SMILES string of the molecule is FC(F)(F)c1c2nc(c(C(F)(F)F)c3ccc([nH]3)c(C(F)(F)F)c3cc(-c4cc5c(cc4-c4ccccc4)CCC5)c([nH]3)c(C(F)(F)F)c3nc1C=C3)C=C2. The fourth-order valence-electron chi connectivity index (χ4n) is 7.39. The quantitative estimate of drug-likeness (QED) is 0.172. The standard InChI is InChI=1S/C39H22F12N4/c40-36(41,42)31-24-9-10-25(52-24)32(37(43,44)45)27-13-14-29(54-27)34(39(49,50)51)35-23(17-30(55-35)33(38(46,47)48)28-12-11-26(31)53-28)22-16-20-8-4-7-19(20)15-21(22)18-5-2-1-3-6-18/h1-3,5-6,9-17,53,55H,4,7-8H2. The van der Waals surface area contributed by atoms with E-state index in [0.717, 1.165) is 17.2 Å². The van der Waals surface area contributed by atoms with Gasteiger partial charge in [0.1, 0.15) is 22.3 Å².